The third-order valence-corrected chi connectivity index (χ3v) is 4.71. The zero-order chi connectivity index (χ0) is 18.1. The van der Waals surface area contributed by atoms with E-state index in [1.54, 1.807) is 19.1 Å². The molecule has 0 fully saturated rings. The van der Waals surface area contributed by atoms with Gasteiger partial charge in [0.25, 0.3) is 5.56 Å². The standard InChI is InChI=1S/C16H17N3O5S/c1-9-11(15(20)12-7-17-19(2)16(12)21)4-3-10(8-25(22)23)14(9)13-5-6-24-18-13/h3-4,7,17H,5-6,8H2,1-2H3,(H,22,23). The van der Waals surface area contributed by atoms with Gasteiger partial charge in [0.15, 0.2) is 16.9 Å². The van der Waals surface area contributed by atoms with Gasteiger partial charge < -0.3 is 14.5 Å². The minimum Gasteiger partial charge on any atom is -0.395 e. The molecule has 1 aromatic heterocycles. The lowest BCUT2D eigenvalue weighted by molar-refractivity contribution is 0.103. The molecule has 0 bridgehead atoms. The van der Waals surface area contributed by atoms with E-state index in [0.717, 1.165) is 0 Å². The molecule has 0 spiro atoms. The summed E-state index contributed by atoms with van der Waals surface area (Å²) in [4.78, 5) is 29.9. The number of aryl methyl sites for hydroxylation is 1. The number of aromatic amines is 1. The van der Waals surface area contributed by atoms with Crippen LogP contribution in [-0.2, 0) is 28.7 Å². The van der Waals surface area contributed by atoms with Crippen molar-refractivity contribution in [2.75, 3.05) is 6.61 Å². The van der Waals surface area contributed by atoms with Crippen molar-refractivity contribution in [2.24, 2.45) is 12.2 Å². The molecule has 8 nitrogen and oxygen atoms in total. The molecule has 0 saturated heterocycles. The molecular formula is C16H17N3O5S. The number of aromatic nitrogens is 2. The first-order valence-corrected chi connectivity index (χ1v) is 8.86. The van der Waals surface area contributed by atoms with Crippen LogP contribution in [0.2, 0.25) is 0 Å². The molecule has 0 radical (unpaired) electrons. The summed E-state index contributed by atoms with van der Waals surface area (Å²) in [6.45, 7) is 2.16. The van der Waals surface area contributed by atoms with E-state index in [1.807, 2.05) is 0 Å². The first-order valence-electron chi connectivity index (χ1n) is 7.58. The predicted molar refractivity (Wildman–Crippen MR) is 92.2 cm³/mol. The van der Waals surface area contributed by atoms with E-state index >= 15 is 0 Å². The molecule has 3 rings (SSSR count). The number of rotatable bonds is 5. The SMILES string of the molecule is Cc1c(C(=O)c2c[nH]n(C)c2=O)ccc(CS(=O)O)c1C1=NOCC1. The van der Waals surface area contributed by atoms with Crippen LogP contribution < -0.4 is 5.56 Å². The molecule has 1 aromatic carbocycles. The van der Waals surface area contributed by atoms with Crippen molar-refractivity contribution in [3.8, 4) is 0 Å². The van der Waals surface area contributed by atoms with Gasteiger partial charge in [0.05, 0.1) is 11.5 Å². The molecule has 0 aliphatic carbocycles. The summed E-state index contributed by atoms with van der Waals surface area (Å²) < 4.78 is 21.7. The molecule has 0 saturated carbocycles. The zero-order valence-electron chi connectivity index (χ0n) is 13.7. The Balaban J connectivity index is 2.14. The number of carbonyl (C=O) groups is 1. The number of benzene rings is 1. The average Bonchev–Trinajstić information content (AvgIpc) is 3.18. The van der Waals surface area contributed by atoms with Crippen molar-refractivity contribution in [2.45, 2.75) is 19.1 Å². The number of ketones is 1. The van der Waals surface area contributed by atoms with Gasteiger partial charge in [-0.3, -0.25) is 14.3 Å². The van der Waals surface area contributed by atoms with Gasteiger partial charge in [-0.25, -0.2) is 4.21 Å². The monoisotopic (exact) mass is 363 g/mol. The van der Waals surface area contributed by atoms with Crippen molar-refractivity contribution in [1.82, 2.24) is 9.78 Å². The third-order valence-electron chi connectivity index (χ3n) is 4.15. The van der Waals surface area contributed by atoms with Crippen LogP contribution in [0.5, 0.6) is 0 Å². The lowest BCUT2D eigenvalue weighted by Gasteiger charge is -2.14. The highest BCUT2D eigenvalue weighted by Crippen LogP contribution is 2.25. The summed E-state index contributed by atoms with van der Waals surface area (Å²) in [6.07, 6.45) is 1.92. The Labute approximate surface area is 145 Å². The number of nitrogens with zero attached hydrogens (tertiary/aromatic N) is 2. The lowest BCUT2D eigenvalue weighted by atomic mass is 9.90. The van der Waals surface area contributed by atoms with Gasteiger partial charge in [-0.05, 0) is 18.1 Å². The summed E-state index contributed by atoms with van der Waals surface area (Å²) >= 11 is -2.03. The maximum absolute atomic E-state index is 12.8. The number of hydrogen-bond donors (Lipinski definition) is 2. The Bertz CT molecular complexity index is 957. The number of nitrogens with one attached hydrogen (secondary N) is 1. The van der Waals surface area contributed by atoms with Gasteiger partial charge in [0, 0.05) is 30.8 Å². The van der Waals surface area contributed by atoms with Crippen LogP contribution in [0.1, 0.15) is 39.0 Å². The van der Waals surface area contributed by atoms with Crippen molar-refractivity contribution < 1.29 is 18.4 Å². The van der Waals surface area contributed by atoms with E-state index < -0.39 is 22.4 Å². The fourth-order valence-electron chi connectivity index (χ4n) is 2.92. The third kappa shape index (κ3) is 3.20. The molecule has 1 aliphatic rings. The Kier molecular flexibility index (Phi) is 4.69. The van der Waals surface area contributed by atoms with E-state index in [1.165, 1.54) is 17.9 Å². The van der Waals surface area contributed by atoms with Gasteiger partial charge in [-0.15, -0.1) is 0 Å². The molecule has 2 aromatic rings. The summed E-state index contributed by atoms with van der Waals surface area (Å²) in [6, 6.07) is 3.20. The largest absolute Gasteiger partial charge is 0.395 e. The van der Waals surface area contributed by atoms with E-state index in [0.29, 0.717) is 41.0 Å². The van der Waals surface area contributed by atoms with Crippen LogP contribution in [-0.4, -0.2) is 36.6 Å². The van der Waals surface area contributed by atoms with Crippen LogP contribution in [0, 0.1) is 6.92 Å². The minimum absolute atomic E-state index is 0.0413. The summed E-state index contributed by atoms with van der Waals surface area (Å²) in [5.74, 6) is -0.480. The van der Waals surface area contributed by atoms with Gasteiger partial charge in [0.1, 0.15) is 12.2 Å². The van der Waals surface area contributed by atoms with Crippen LogP contribution in [0.3, 0.4) is 0 Å². The van der Waals surface area contributed by atoms with Crippen molar-refractivity contribution in [1.29, 1.82) is 0 Å². The fraction of sp³-hybridized carbons (Fsp3) is 0.312. The minimum atomic E-state index is -2.03. The second kappa shape index (κ2) is 6.77. The van der Waals surface area contributed by atoms with Crippen molar-refractivity contribution >= 4 is 22.6 Å². The first-order chi connectivity index (χ1) is 11.9. The Hall–Kier alpha value is -2.52. The number of H-pyrrole nitrogens is 1. The second-order valence-electron chi connectivity index (χ2n) is 5.74. The van der Waals surface area contributed by atoms with E-state index in [9.17, 15) is 18.4 Å². The maximum Gasteiger partial charge on any atom is 0.277 e. The molecule has 2 N–H and O–H groups in total. The van der Waals surface area contributed by atoms with Gasteiger partial charge in [0.2, 0.25) is 0 Å². The van der Waals surface area contributed by atoms with E-state index in [2.05, 4.69) is 10.3 Å². The van der Waals surface area contributed by atoms with Gasteiger partial charge in [-0.2, -0.15) is 0 Å². The molecule has 25 heavy (non-hydrogen) atoms. The maximum atomic E-state index is 12.8. The lowest BCUT2D eigenvalue weighted by Crippen LogP contribution is -2.20. The Morgan fingerprint density at radius 1 is 1.44 bits per heavy atom. The smallest absolute Gasteiger partial charge is 0.277 e. The zero-order valence-corrected chi connectivity index (χ0v) is 14.6. The molecular weight excluding hydrogens is 346 g/mol. The highest BCUT2D eigenvalue weighted by molar-refractivity contribution is 7.78. The topological polar surface area (TPSA) is 114 Å². The van der Waals surface area contributed by atoms with Crippen molar-refractivity contribution in [3.05, 3.63) is 56.5 Å². The number of oxime groups is 1. The van der Waals surface area contributed by atoms with Crippen LogP contribution in [0.15, 0.2) is 28.3 Å². The fourth-order valence-corrected chi connectivity index (χ4v) is 3.43. The molecule has 1 unspecified atom stereocenters. The highest BCUT2D eigenvalue weighted by atomic mass is 32.2. The molecule has 2 heterocycles. The van der Waals surface area contributed by atoms with Gasteiger partial charge in [-0.1, -0.05) is 17.3 Å². The van der Waals surface area contributed by atoms with Crippen LogP contribution in [0.25, 0.3) is 0 Å². The molecule has 9 heteroatoms. The van der Waals surface area contributed by atoms with Crippen LogP contribution >= 0.6 is 0 Å². The summed E-state index contributed by atoms with van der Waals surface area (Å²) in [7, 11) is 1.53. The van der Waals surface area contributed by atoms with E-state index in [-0.39, 0.29) is 11.3 Å². The normalized spacial score (nSPS) is 14.9. The van der Waals surface area contributed by atoms with Crippen LogP contribution in [0.4, 0.5) is 0 Å². The predicted octanol–water partition coefficient (Wildman–Crippen LogP) is 1.10. The number of hydrogen-bond acceptors (Lipinski definition) is 5. The average molecular weight is 363 g/mol. The Morgan fingerprint density at radius 2 is 2.20 bits per heavy atom. The molecule has 132 valence electrons. The first kappa shape index (κ1) is 17.3. The quantitative estimate of drug-likeness (QED) is 0.610. The van der Waals surface area contributed by atoms with E-state index in [4.69, 9.17) is 4.84 Å². The highest BCUT2D eigenvalue weighted by Gasteiger charge is 2.24. The summed E-state index contributed by atoms with van der Waals surface area (Å²) in [5.41, 5.74) is 2.48. The molecule has 1 aliphatic heterocycles. The summed E-state index contributed by atoms with van der Waals surface area (Å²) in [5, 5.41) is 6.66. The number of carbonyl (C=O) groups excluding carboxylic acids is 1. The molecule has 0 amide bonds. The second-order valence-corrected chi connectivity index (χ2v) is 6.67. The molecule has 1 atom stereocenters. The van der Waals surface area contributed by atoms with Gasteiger partial charge >= 0.3 is 0 Å². The van der Waals surface area contributed by atoms with Crippen molar-refractivity contribution in [3.63, 3.8) is 0 Å². The Morgan fingerprint density at radius 3 is 2.76 bits per heavy atom.